The largest absolute Gasteiger partial charge is 0.445 e. The van der Waals surface area contributed by atoms with Crippen molar-refractivity contribution >= 4 is 28.6 Å². The average Bonchev–Trinajstić information content (AvgIpc) is 3.14. The molecule has 2 fully saturated rings. The molecule has 32 heavy (non-hydrogen) atoms. The van der Waals surface area contributed by atoms with E-state index in [-0.39, 0.29) is 23.0 Å². The molecule has 1 aliphatic carbocycles. The molecule has 3 heterocycles. The van der Waals surface area contributed by atoms with Crippen LogP contribution < -0.4 is 5.32 Å². The molecule has 1 aliphatic heterocycles. The number of hydrogen-bond acceptors (Lipinski definition) is 6. The van der Waals surface area contributed by atoms with Gasteiger partial charge in [0.25, 0.3) is 0 Å². The first-order chi connectivity index (χ1) is 14.8. The third kappa shape index (κ3) is 3.63. The molecular formula is C22H24ClFLrN5O2-. The number of halogens is 2. The number of nitrogens with one attached hydrogen (secondary N) is 1. The number of anilines is 1. The summed E-state index contributed by atoms with van der Waals surface area (Å²) in [6.07, 6.45) is 6.32. The van der Waals surface area contributed by atoms with Gasteiger partial charge in [-0.25, -0.2) is 14.4 Å². The summed E-state index contributed by atoms with van der Waals surface area (Å²) in [7, 11) is 0. The Kier molecular flexibility index (Phi) is 5.48. The number of ether oxygens (including phenoxy) is 1. The predicted octanol–water partition coefficient (Wildman–Crippen LogP) is 4.01. The third-order valence-electron chi connectivity index (χ3n) is 6.33. The Morgan fingerprint density at radius 3 is 2.81 bits per heavy atom. The first-order valence-electron chi connectivity index (χ1n) is 10.5. The molecule has 0 amide bonds. The SMILES string of the molecule is CC(C)n1[c-]nc2c(F)cc(-c3nc(NC4CCC5(COC5)C[C@@H]4O)ncc3Cl)cc21.[Lr]. The molecule has 7 nitrogen and oxygen atoms in total. The maximum atomic E-state index is 14.7. The summed E-state index contributed by atoms with van der Waals surface area (Å²) >= 11 is 6.38. The van der Waals surface area contributed by atoms with Gasteiger partial charge in [0.2, 0.25) is 5.95 Å². The Morgan fingerprint density at radius 2 is 2.16 bits per heavy atom. The van der Waals surface area contributed by atoms with Crippen LogP contribution in [0.25, 0.3) is 22.3 Å². The topological polar surface area (TPSA) is 85.1 Å². The van der Waals surface area contributed by atoms with Gasteiger partial charge in [-0.15, -0.1) is 0 Å². The van der Waals surface area contributed by atoms with Gasteiger partial charge < -0.3 is 24.7 Å². The van der Waals surface area contributed by atoms with Crippen molar-refractivity contribution in [2.45, 2.75) is 51.3 Å². The zero-order valence-electron chi connectivity index (χ0n) is 17.7. The van der Waals surface area contributed by atoms with E-state index in [1.54, 1.807) is 4.57 Å². The molecule has 1 spiro atoms. The van der Waals surface area contributed by atoms with Crippen LogP contribution in [0.1, 0.15) is 39.2 Å². The number of nitrogens with zero attached hydrogens (tertiary/aromatic N) is 4. The quantitative estimate of drug-likeness (QED) is 0.400. The van der Waals surface area contributed by atoms with Crippen molar-refractivity contribution in [3.05, 3.63) is 35.5 Å². The molecule has 3 aromatic rings. The van der Waals surface area contributed by atoms with Crippen molar-refractivity contribution in [1.82, 2.24) is 19.5 Å². The number of aromatic nitrogens is 4. The molecule has 1 aromatic carbocycles. The number of rotatable bonds is 4. The normalized spacial score (nSPS) is 22.1. The van der Waals surface area contributed by atoms with Gasteiger partial charge in [0.05, 0.1) is 48.1 Å². The minimum atomic E-state index is -0.509. The van der Waals surface area contributed by atoms with Crippen molar-refractivity contribution < 1.29 is 14.2 Å². The Balaban J connectivity index is 0.00000245. The Morgan fingerprint density at radius 1 is 1.38 bits per heavy atom. The molecule has 2 aromatic heterocycles. The van der Waals surface area contributed by atoms with Crippen molar-refractivity contribution in [1.29, 1.82) is 0 Å². The maximum absolute atomic E-state index is 14.7. The minimum absolute atomic E-state index is 0. The minimum Gasteiger partial charge on any atom is -0.445 e. The fourth-order valence-corrected chi connectivity index (χ4v) is 4.74. The van der Waals surface area contributed by atoms with Gasteiger partial charge in [-0.05, 0) is 50.3 Å². The molecule has 0 bridgehead atoms. The number of benzene rings is 1. The fourth-order valence-electron chi connectivity index (χ4n) is 4.54. The fraction of sp³-hybridized carbons (Fsp3) is 0.500. The Bertz CT molecular complexity index is 1140. The van der Waals surface area contributed by atoms with E-state index >= 15 is 0 Å². The van der Waals surface area contributed by atoms with E-state index in [0.29, 0.717) is 34.2 Å². The van der Waals surface area contributed by atoms with Crippen molar-refractivity contribution in [2.75, 3.05) is 18.5 Å². The second-order valence-corrected chi connectivity index (χ2v) is 9.35. The zero-order valence-corrected chi connectivity index (χ0v) is 20.6. The van der Waals surface area contributed by atoms with Crippen LogP contribution in [-0.2, 0) is 4.74 Å². The second kappa shape index (κ2) is 8.00. The summed E-state index contributed by atoms with van der Waals surface area (Å²) < 4.78 is 21.9. The van der Waals surface area contributed by atoms with Crippen LogP contribution >= 0.6 is 11.6 Å². The molecule has 5 rings (SSSR count). The number of hydrogen-bond donors (Lipinski definition) is 2. The number of aliphatic hydroxyl groups excluding tert-OH is 1. The predicted molar refractivity (Wildman–Crippen MR) is 115 cm³/mol. The number of aliphatic hydroxyl groups is 1. The van der Waals surface area contributed by atoms with Crippen molar-refractivity contribution in [2.24, 2.45) is 5.41 Å². The zero-order chi connectivity index (χ0) is 21.8. The second-order valence-electron chi connectivity index (χ2n) is 8.95. The van der Waals surface area contributed by atoms with Gasteiger partial charge in [-0.3, -0.25) is 0 Å². The van der Waals surface area contributed by atoms with Crippen LogP contribution in [0.2, 0.25) is 5.02 Å². The van der Waals surface area contributed by atoms with Crippen LogP contribution in [0.15, 0.2) is 18.3 Å². The molecule has 179 valence electrons. The van der Waals surface area contributed by atoms with E-state index in [1.807, 2.05) is 19.9 Å². The summed E-state index contributed by atoms with van der Waals surface area (Å²) in [5.41, 5.74) is 1.97. The molecular weight excluding hydrogens is 683 g/mol. The molecule has 2 atom stereocenters. The van der Waals surface area contributed by atoms with Gasteiger partial charge in [-0.1, -0.05) is 23.2 Å². The maximum Gasteiger partial charge on any atom is 0.223 e. The molecule has 10 heteroatoms. The van der Waals surface area contributed by atoms with Crippen molar-refractivity contribution in [3.63, 3.8) is 0 Å². The molecule has 1 radical (unpaired) electrons. The number of fused-ring (bicyclic) bond motifs is 1. The molecule has 2 N–H and O–H groups in total. The van der Waals surface area contributed by atoms with Crippen LogP contribution in [0.4, 0.5) is 10.3 Å². The molecule has 1 unspecified atom stereocenters. The summed E-state index contributed by atoms with van der Waals surface area (Å²) in [6.45, 7) is 5.40. The van der Waals surface area contributed by atoms with Crippen LogP contribution in [0.3, 0.4) is 0 Å². The molecule has 2 aliphatic rings. The Hall–Kier alpha value is -3.29. The Labute approximate surface area is 184 Å². The van der Waals surface area contributed by atoms with Crippen LogP contribution in [0, 0.1) is 17.6 Å². The first-order valence-corrected chi connectivity index (χ1v) is 10.9. The summed E-state index contributed by atoms with van der Waals surface area (Å²) in [5, 5.41) is 14.2. The summed E-state index contributed by atoms with van der Waals surface area (Å²) in [6, 6.07) is 3.11. The van der Waals surface area contributed by atoms with Gasteiger partial charge >= 0.3 is 0 Å². The number of imidazole rings is 1. The van der Waals surface area contributed by atoms with E-state index in [4.69, 9.17) is 16.3 Å². The average molecular weight is 707 g/mol. The van der Waals surface area contributed by atoms with Crippen LogP contribution in [0.5, 0.6) is 0 Å². The smallest absolute Gasteiger partial charge is 0.223 e. The van der Waals surface area contributed by atoms with E-state index < -0.39 is 11.9 Å². The molecule has 1 saturated carbocycles. The van der Waals surface area contributed by atoms with Crippen LogP contribution in [-0.4, -0.2) is 50.0 Å². The summed E-state index contributed by atoms with van der Waals surface area (Å²) in [5.74, 6) is -0.100. The monoisotopic (exact) mass is 706 g/mol. The van der Waals surface area contributed by atoms with Gasteiger partial charge in [0.15, 0.2) is 0 Å². The molecule has 1 saturated heterocycles. The summed E-state index contributed by atoms with van der Waals surface area (Å²) in [4.78, 5) is 12.9. The first kappa shape index (κ1) is 21.9. The van der Waals surface area contributed by atoms with Crippen molar-refractivity contribution in [3.8, 4) is 11.3 Å². The van der Waals surface area contributed by atoms with Gasteiger partial charge in [0, 0.05) is 17.8 Å². The van der Waals surface area contributed by atoms with Gasteiger partial charge in [0.1, 0.15) is 0 Å². The van der Waals surface area contributed by atoms with Gasteiger partial charge in [-0.2, -0.15) is 0 Å². The standard InChI is InChI=1S/C22H24ClFN5O2.Lr/c1-12(2)29-11-26-20-15(24)5-13(6-17(20)29)19-14(23)8-25-21(28-19)27-16-3-4-22(7-18(16)30)9-31-10-22;/h5-6,8,12,16,18,30H,3-4,7,9-10H2,1-2H3,(H,25,27,28);/q-1;/t16?,18-;/m0./s1. The van der Waals surface area contributed by atoms with E-state index in [9.17, 15) is 9.50 Å². The van der Waals surface area contributed by atoms with E-state index in [1.165, 1.54) is 12.3 Å². The van der Waals surface area contributed by atoms with E-state index in [0.717, 1.165) is 26.1 Å². The van der Waals surface area contributed by atoms with E-state index in [2.05, 4.69) is 26.6 Å². The third-order valence-corrected chi connectivity index (χ3v) is 6.61.